The molecule has 0 aliphatic rings. The molecule has 0 fully saturated rings. The van der Waals surface area contributed by atoms with Crippen molar-refractivity contribution in [3.63, 3.8) is 0 Å². The molecule has 45 heavy (non-hydrogen) atoms. The summed E-state index contributed by atoms with van der Waals surface area (Å²) in [5.74, 6) is -0.897. The summed E-state index contributed by atoms with van der Waals surface area (Å²) < 4.78 is 26.2. The number of hydrogen-bond donors (Lipinski definition) is 2. The van der Waals surface area contributed by atoms with Crippen molar-refractivity contribution in [1.82, 2.24) is 0 Å². The third kappa shape index (κ3) is 35.2. The Hall–Kier alpha value is -1.47. The summed E-state index contributed by atoms with van der Waals surface area (Å²) in [6.07, 6.45) is 34.7. The normalized spacial score (nSPS) is 12.7. The molecule has 0 aromatic rings. The van der Waals surface area contributed by atoms with Gasteiger partial charge >= 0.3 is 19.8 Å². The van der Waals surface area contributed by atoms with Crippen LogP contribution in [0.2, 0.25) is 0 Å². The molecule has 0 radical (unpaired) electrons. The third-order valence-corrected chi connectivity index (χ3v) is 8.18. The van der Waals surface area contributed by atoms with Gasteiger partial charge in [-0.3, -0.25) is 14.1 Å². The Bertz CT molecular complexity index is 792. The summed E-state index contributed by atoms with van der Waals surface area (Å²) >= 11 is 0. The number of phosphoric ester groups is 1. The quantitative estimate of drug-likeness (QED) is 0.0309. The molecule has 0 saturated carbocycles. The minimum absolute atomic E-state index is 0.209. The molecule has 2 N–H and O–H groups in total. The first-order valence-corrected chi connectivity index (χ1v) is 19.7. The summed E-state index contributed by atoms with van der Waals surface area (Å²) in [6.45, 7) is 3.61. The number of carbonyl (C=O) groups excluding carboxylic acids is 2. The van der Waals surface area contributed by atoms with Crippen molar-refractivity contribution in [3.05, 3.63) is 24.3 Å². The molecule has 0 bridgehead atoms. The molecule has 264 valence electrons. The first-order chi connectivity index (χ1) is 21.8. The fourth-order valence-electron chi connectivity index (χ4n) is 4.94. The van der Waals surface area contributed by atoms with E-state index in [0.29, 0.717) is 12.8 Å². The van der Waals surface area contributed by atoms with Gasteiger partial charge in [0.2, 0.25) is 0 Å². The molecular formula is C36H67O8P. The molecule has 0 aromatic carbocycles. The molecule has 1 atom stereocenters. The second-order valence-electron chi connectivity index (χ2n) is 12.2. The molecule has 0 saturated heterocycles. The lowest BCUT2D eigenvalue weighted by Gasteiger charge is -2.18. The Morgan fingerprint density at radius 1 is 0.556 bits per heavy atom. The third-order valence-electron chi connectivity index (χ3n) is 7.69. The van der Waals surface area contributed by atoms with Crippen molar-refractivity contribution in [2.45, 2.75) is 180 Å². The minimum Gasteiger partial charge on any atom is -0.462 e. The van der Waals surface area contributed by atoms with Gasteiger partial charge in [-0.2, -0.15) is 0 Å². The van der Waals surface area contributed by atoms with Gasteiger partial charge in [-0.15, -0.1) is 0 Å². The van der Waals surface area contributed by atoms with Crippen LogP contribution in [0.5, 0.6) is 0 Å². The Labute approximate surface area is 275 Å². The van der Waals surface area contributed by atoms with Crippen LogP contribution in [0, 0.1) is 0 Å². The molecule has 0 aliphatic heterocycles. The standard InChI is InChI=1S/C36H67O8P/c1-3-5-7-9-11-13-15-17-18-19-21-23-25-27-29-31-36(38)44-34(33-43-45(39,40)41)32-42-35(37)30-28-26-24-22-20-16-14-12-10-8-6-4-2/h9,11-12,14,34H,3-8,10,13,15-33H2,1-2H3,(H2,39,40,41)/b11-9+,14-12+/t34-/m1/s1. The molecule has 0 rings (SSSR count). The van der Waals surface area contributed by atoms with Crippen molar-refractivity contribution in [2.24, 2.45) is 0 Å². The van der Waals surface area contributed by atoms with Crippen molar-refractivity contribution in [1.29, 1.82) is 0 Å². The predicted molar refractivity (Wildman–Crippen MR) is 184 cm³/mol. The molecular weight excluding hydrogens is 591 g/mol. The van der Waals surface area contributed by atoms with Crippen LogP contribution in [0.4, 0.5) is 0 Å². The second kappa shape index (κ2) is 32.5. The SMILES string of the molecule is CCCC/C=C/CCCCCCCCCCCC(=O)O[C@H](COC(=O)CCCCCCC/C=C/CCCCC)COP(=O)(O)O. The maximum Gasteiger partial charge on any atom is 0.469 e. The number of unbranched alkanes of at least 4 members (excludes halogenated alkanes) is 19. The molecule has 0 amide bonds. The van der Waals surface area contributed by atoms with E-state index in [4.69, 9.17) is 19.3 Å². The number of allylic oxidation sites excluding steroid dienone is 4. The van der Waals surface area contributed by atoms with Gasteiger partial charge < -0.3 is 19.3 Å². The Morgan fingerprint density at radius 2 is 0.956 bits per heavy atom. The van der Waals surface area contributed by atoms with Crippen LogP contribution in [0.3, 0.4) is 0 Å². The van der Waals surface area contributed by atoms with Crippen molar-refractivity contribution < 1.29 is 37.9 Å². The topological polar surface area (TPSA) is 119 Å². The Morgan fingerprint density at radius 3 is 1.42 bits per heavy atom. The van der Waals surface area contributed by atoms with Gasteiger partial charge in [0.25, 0.3) is 0 Å². The number of phosphoric acid groups is 1. The molecule has 9 heteroatoms. The Kier molecular flexibility index (Phi) is 31.4. The average molecular weight is 659 g/mol. The van der Waals surface area contributed by atoms with E-state index < -0.39 is 32.5 Å². The Balaban J connectivity index is 3.98. The maximum atomic E-state index is 12.3. The second-order valence-corrected chi connectivity index (χ2v) is 13.4. The first-order valence-electron chi connectivity index (χ1n) is 18.1. The number of hydrogen-bond acceptors (Lipinski definition) is 6. The molecule has 0 aromatic heterocycles. The largest absolute Gasteiger partial charge is 0.469 e. The van der Waals surface area contributed by atoms with Crippen molar-refractivity contribution >= 4 is 19.8 Å². The van der Waals surface area contributed by atoms with Crippen LogP contribution < -0.4 is 0 Å². The van der Waals surface area contributed by atoms with E-state index in [0.717, 1.165) is 51.4 Å². The first kappa shape index (κ1) is 43.5. The van der Waals surface area contributed by atoms with Gasteiger partial charge in [0.15, 0.2) is 6.10 Å². The van der Waals surface area contributed by atoms with E-state index in [1.807, 2.05) is 0 Å². The van der Waals surface area contributed by atoms with Gasteiger partial charge in [0, 0.05) is 12.8 Å². The van der Waals surface area contributed by atoms with Gasteiger partial charge in [-0.05, 0) is 57.8 Å². The lowest BCUT2D eigenvalue weighted by Crippen LogP contribution is -2.29. The zero-order valence-electron chi connectivity index (χ0n) is 28.8. The maximum absolute atomic E-state index is 12.3. The minimum atomic E-state index is -4.75. The zero-order chi connectivity index (χ0) is 33.3. The molecule has 8 nitrogen and oxygen atoms in total. The fraction of sp³-hybridized carbons (Fsp3) is 0.833. The monoisotopic (exact) mass is 658 g/mol. The number of ether oxygens (including phenoxy) is 2. The molecule has 0 spiro atoms. The number of esters is 2. The van der Waals surface area contributed by atoms with Gasteiger partial charge in [-0.25, -0.2) is 4.57 Å². The van der Waals surface area contributed by atoms with Crippen LogP contribution in [0.25, 0.3) is 0 Å². The smallest absolute Gasteiger partial charge is 0.462 e. The van der Waals surface area contributed by atoms with E-state index in [2.05, 4.69) is 42.7 Å². The van der Waals surface area contributed by atoms with Crippen LogP contribution in [0.15, 0.2) is 24.3 Å². The zero-order valence-corrected chi connectivity index (χ0v) is 29.7. The highest BCUT2D eigenvalue weighted by Crippen LogP contribution is 2.36. The highest BCUT2D eigenvalue weighted by molar-refractivity contribution is 7.46. The average Bonchev–Trinajstić information content (AvgIpc) is 3.00. The molecule has 0 heterocycles. The summed E-state index contributed by atoms with van der Waals surface area (Å²) in [7, 11) is -4.75. The highest BCUT2D eigenvalue weighted by Gasteiger charge is 2.22. The predicted octanol–water partition coefficient (Wildman–Crippen LogP) is 10.5. The van der Waals surface area contributed by atoms with Crippen LogP contribution in [-0.2, 0) is 28.2 Å². The molecule has 0 aliphatic carbocycles. The lowest BCUT2D eigenvalue weighted by molar-refractivity contribution is -0.161. The molecule has 0 unspecified atom stereocenters. The van der Waals surface area contributed by atoms with Crippen LogP contribution >= 0.6 is 7.82 Å². The van der Waals surface area contributed by atoms with Gasteiger partial charge in [0.1, 0.15) is 6.61 Å². The summed E-state index contributed by atoms with van der Waals surface area (Å²) in [5, 5.41) is 0. The van der Waals surface area contributed by atoms with Gasteiger partial charge in [-0.1, -0.05) is 128 Å². The van der Waals surface area contributed by atoms with E-state index in [9.17, 15) is 14.2 Å². The van der Waals surface area contributed by atoms with E-state index in [1.54, 1.807) is 0 Å². The van der Waals surface area contributed by atoms with Crippen LogP contribution in [0.1, 0.15) is 174 Å². The van der Waals surface area contributed by atoms with E-state index in [1.165, 1.54) is 83.5 Å². The van der Waals surface area contributed by atoms with Crippen molar-refractivity contribution in [2.75, 3.05) is 13.2 Å². The van der Waals surface area contributed by atoms with Crippen LogP contribution in [-0.4, -0.2) is 41.0 Å². The summed E-state index contributed by atoms with van der Waals surface area (Å²) in [6, 6.07) is 0. The number of rotatable bonds is 33. The van der Waals surface area contributed by atoms with E-state index in [-0.39, 0.29) is 19.4 Å². The highest BCUT2D eigenvalue weighted by atomic mass is 31.2. The van der Waals surface area contributed by atoms with Crippen molar-refractivity contribution in [3.8, 4) is 0 Å². The lowest BCUT2D eigenvalue weighted by atomic mass is 10.1. The number of carbonyl (C=O) groups is 2. The summed E-state index contributed by atoms with van der Waals surface area (Å²) in [4.78, 5) is 42.6. The van der Waals surface area contributed by atoms with E-state index >= 15 is 0 Å². The van der Waals surface area contributed by atoms with Gasteiger partial charge in [0.05, 0.1) is 6.61 Å². The summed E-state index contributed by atoms with van der Waals surface area (Å²) in [5.41, 5.74) is 0. The fourth-order valence-corrected chi connectivity index (χ4v) is 5.30.